The molecule has 3 aromatic rings. The van der Waals surface area contributed by atoms with Crippen molar-refractivity contribution in [3.8, 4) is 5.69 Å². The number of benzene rings is 1. The summed E-state index contributed by atoms with van der Waals surface area (Å²) in [6.45, 7) is 6.33. The van der Waals surface area contributed by atoms with E-state index in [1.54, 1.807) is 29.2 Å². The summed E-state index contributed by atoms with van der Waals surface area (Å²) in [6, 6.07) is 6.31. The van der Waals surface area contributed by atoms with Gasteiger partial charge in [-0.1, -0.05) is 23.2 Å². The molecule has 2 aliphatic heterocycles. The van der Waals surface area contributed by atoms with Crippen molar-refractivity contribution in [2.45, 2.75) is 52.4 Å². The summed E-state index contributed by atoms with van der Waals surface area (Å²) < 4.78 is 1.50. The fraction of sp³-hybridized carbons (Fsp3) is 0.320. The van der Waals surface area contributed by atoms with Crippen LogP contribution in [0.5, 0.6) is 0 Å². The van der Waals surface area contributed by atoms with Crippen molar-refractivity contribution in [1.29, 1.82) is 0 Å². The summed E-state index contributed by atoms with van der Waals surface area (Å²) in [5, 5.41) is 6.66. The molecule has 2 aromatic heterocycles. The summed E-state index contributed by atoms with van der Waals surface area (Å²) in [6.07, 6.45) is 1.85. The van der Waals surface area contributed by atoms with Crippen LogP contribution in [0.4, 0.5) is 5.95 Å². The van der Waals surface area contributed by atoms with Crippen molar-refractivity contribution in [2.75, 3.05) is 5.32 Å². The average molecular weight is 527 g/mol. The van der Waals surface area contributed by atoms with Crippen LogP contribution in [0.1, 0.15) is 58.4 Å². The zero-order valence-corrected chi connectivity index (χ0v) is 21.4. The van der Waals surface area contributed by atoms with Gasteiger partial charge in [0.1, 0.15) is 5.69 Å². The lowest BCUT2D eigenvalue weighted by Crippen LogP contribution is -2.46. The Labute approximate surface area is 217 Å². The van der Waals surface area contributed by atoms with Gasteiger partial charge in [-0.25, -0.2) is 14.5 Å². The SMILES string of the molecule is CC(C)Nc1nc2c(c(=O)n1-c1cnc3c(c1)CNC3=O)C[C@@H](C)N(C(=O)c1ccc(Cl)c(Cl)c1)C2. The maximum absolute atomic E-state index is 13.8. The molecule has 0 aliphatic carbocycles. The quantitative estimate of drug-likeness (QED) is 0.537. The molecule has 0 unspecified atom stereocenters. The molecule has 0 saturated carbocycles. The summed E-state index contributed by atoms with van der Waals surface area (Å²) in [5.74, 6) is -0.0890. The molecule has 1 aromatic carbocycles. The van der Waals surface area contributed by atoms with Gasteiger partial charge >= 0.3 is 0 Å². The Morgan fingerprint density at radius 1 is 1.19 bits per heavy atom. The molecular formula is C25H24Cl2N6O3. The molecule has 0 saturated heterocycles. The molecule has 0 fully saturated rings. The number of nitrogens with one attached hydrogen (secondary N) is 2. The molecule has 5 rings (SSSR count). The van der Waals surface area contributed by atoms with E-state index in [1.807, 2.05) is 20.8 Å². The van der Waals surface area contributed by atoms with Gasteiger partial charge in [0.2, 0.25) is 5.95 Å². The van der Waals surface area contributed by atoms with E-state index in [-0.39, 0.29) is 36.0 Å². The number of halogens is 2. The molecule has 4 heterocycles. The second-order valence-electron chi connectivity index (χ2n) is 9.30. The van der Waals surface area contributed by atoms with Crippen molar-refractivity contribution in [1.82, 2.24) is 24.8 Å². The molecule has 9 nitrogen and oxygen atoms in total. The normalized spacial score (nSPS) is 16.6. The Hall–Kier alpha value is -3.43. The highest BCUT2D eigenvalue weighted by Crippen LogP contribution is 2.28. The lowest BCUT2D eigenvalue weighted by Gasteiger charge is -2.34. The number of amides is 2. The van der Waals surface area contributed by atoms with Gasteiger partial charge in [0.15, 0.2) is 0 Å². The second-order valence-corrected chi connectivity index (χ2v) is 10.1. The summed E-state index contributed by atoms with van der Waals surface area (Å²) in [4.78, 5) is 49.8. The third-order valence-electron chi connectivity index (χ3n) is 6.32. The molecule has 36 heavy (non-hydrogen) atoms. The van der Waals surface area contributed by atoms with Crippen LogP contribution in [0.25, 0.3) is 5.69 Å². The lowest BCUT2D eigenvalue weighted by molar-refractivity contribution is 0.0653. The minimum atomic E-state index is -0.244. The first kappa shape index (κ1) is 24.3. The minimum absolute atomic E-state index is 0.0108. The van der Waals surface area contributed by atoms with Crippen molar-refractivity contribution >= 4 is 41.0 Å². The van der Waals surface area contributed by atoms with E-state index in [0.29, 0.717) is 57.2 Å². The van der Waals surface area contributed by atoms with Crippen LogP contribution in [0.3, 0.4) is 0 Å². The molecule has 0 radical (unpaired) electrons. The molecule has 2 amide bonds. The van der Waals surface area contributed by atoms with Gasteiger partial charge in [-0.2, -0.15) is 0 Å². The summed E-state index contributed by atoms with van der Waals surface area (Å²) in [5.41, 5.74) is 2.89. The number of nitrogens with zero attached hydrogens (tertiary/aromatic N) is 4. The Balaban J connectivity index is 1.57. The first-order valence-electron chi connectivity index (χ1n) is 11.6. The van der Waals surface area contributed by atoms with Crippen molar-refractivity contribution in [3.05, 3.63) is 78.9 Å². The van der Waals surface area contributed by atoms with Crippen LogP contribution in [-0.2, 0) is 19.5 Å². The molecule has 2 aliphatic rings. The van der Waals surface area contributed by atoms with E-state index in [4.69, 9.17) is 28.2 Å². The molecule has 0 bridgehead atoms. The number of anilines is 1. The number of rotatable bonds is 4. The van der Waals surface area contributed by atoms with Gasteiger partial charge in [0, 0.05) is 35.3 Å². The van der Waals surface area contributed by atoms with Gasteiger partial charge in [0.25, 0.3) is 17.4 Å². The topological polar surface area (TPSA) is 109 Å². The number of hydrogen-bond acceptors (Lipinski definition) is 6. The third-order valence-corrected chi connectivity index (χ3v) is 7.06. The molecular weight excluding hydrogens is 503 g/mol. The van der Waals surface area contributed by atoms with Crippen LogP contribution in [0.2, 0.25) is 10.0 Å². The Morgan fingerprint density at radius 3 is 2.69 bits per heavy atom. The van der Waals surface area contributed by atoms with Crippen molar-refractivity contribution in [2.24, 2.45) is 0 Å². The maximum Gasteiger partial charge on any atom is 0.270 e. The second kappa shape index (κ2) is 9.22. The molecule has 186 valence electrons. The number of carbonyl (C=O) groups is 2. The minimum Gasteiger partial charge on any atom is -0.353 e. The predicted octanol–water partition coefficient (Wildman–Crippen LogP) is 3.59. The van der Waals surface area contributed by atoms with Gasteiger partial charge in [-0.15, -0.1) is 0 Å². The standard InChI is InChI=1S/C25H24Cl2N6O3/c1-12(2)30-25-31-20-11-32(23(35)14-4-5-18(26)19(27)8-14)13(3)6-17(20)24(36)33(25)16-7-15-9-29-22(34)21(15)28-10-16/h4-5,7-8,10,12-13H,6,9,11H2,1-3H3,(H,29,34)(H,30,31)/t13-/m1/s1. The fourth-order valence-corrected chi connectivity index (χ4v) is 4.84. The number of carbonyl (C=O) groups excluding carboxylic acids is 2. The molecule has 1 atom stereocenters. The molecule has 0 spiro atoms. The molecule has 2 N–H and O–H groups in total. The van der Waals surface area contributed by atoms with Crippen LogP contribution >= 0.6 is 23.2 Å². The van der Waals surface area contributed by atoms with Gasteiger partial charge in [0.05, 0.1) is 34.2 Å². The Bertz CT molecular complexity index is 1470. The van der Waals surface area contributed by atoms with E-state index < -0.39 is 0 Å². The largest absolute Gasteiger partial charge is 0.353 e. The van der Waals surface area contributed by atoms with Crippen LogP contribution in [0.15, 0.2) is 35.3 Å². The van der Waals surface area contributed by atoms with Gasteiger partial charge in [-0.3, -0.25) is 14.4 Å². The fourth-order valence-electron chi connectivity index (χ4n) is 4.54. The number of pyridine rings is 1. The van der Waals surface area contributed by atoms with Gasteiger partial charge in [-0.05, 0) is 51.5 Å². The highest BCUT2D eigenvalue weighted by molar-refractivity contribution is 6.42. The first-order chi connectivity index (χ1) is 17.1. The van der Waals surface area contributed by atoms with E-state index in [1.165, 1.54) is 10.8 Å². The van der Waals surface area contributed by atoms with E-state index >= 15 is 0 Å². The smallest absolute Gasteiger partial charge is 0.270 e. The lowest BCUT2D eigenvalue weighted by atomic mass is 9.98. The zero-order chi connectivity index (χ0) is 25.7. The van der Waals surface area contributed by atoms with Crippen molar-refractivity contribution in [3.63, 3.8) is 0 Å². The Morgan fingerprint density at radius 2 is 1.97 bits per heavy atom. The number of fused-ring (bicyclic) bond motifs is 2. The van der Waals surface area contributed by atoms with E-state index in [9.17, 15) is 14.4 Å². The highest BCUT2D eigenvalue weighted by Gasteiger charge is 2.32. The van der Waals surface area contributed by atoms with E-state index in [0.717, 1.165) is 5.56 Å². The first-order valence-corrected chi connectivity index (χ1v) is 12.3. The maximum atomic E-state index is 13.8. The van der Waals surface area contributed by atoms with Crippen LogP contribution in [0, 0.1) is 0 Å². The summed E-state index contributed by atoms with van der Waals surface area (Å²) in [7, 11) is 0. The third kappa shape index (κ3) is 4.22. The zero-order valence-electron chi connectivity index (χ0n) is 19.9. The van der Waals surface area contributed by atoms with E-state index in [2.05, 4.69) is 15.6 Å². The van der Waals surface area contributed by atoms with Crippen LogP contribution < -0.4 is 16.2 Å². The predicted molar refractivity (Wildman–Crippen MR) is 137 cm³/mol. The average Bonchev–Trinajstić information content (AvgIpc) is 3.20. The molecule has 11 heteroatoms. The highest BCUT2D eigenvalue weighted by atomic mass is 35.5. The van der Waals surface area contributed by atoms with Crippen molar-refractivity contribution < 1.29 is 9.59 Å². The van der Waals surface area contributed by atoms with Gasteiger partial charge < -0.3 is 15.5 Å². The Kier molecular flexibility index (Phi) is 6.22. The monoisotopic (exact) mass is 526 g/mol. The summed E-state index contributed by atoms with van der Waals surface area (Å²) >= 11 is 12.1. The number of hydrogen-bond donors (Lipinski definition) is 2. The number of aromatic nitrogens is 3. The van der Waals surface area contributed by atoms with Crippen LogP contribution in [-0.4, -0.2) is 43.3 Å².